The van der Waals surface area contributed by atoms with E-state index in [1.165, 1.54) is 36.5 Å². The minimum atomic E-state index is -0.195. The summed E-state index contributed by atoms with van der Waals surface area (Å²) in [6.45, 7) is 5.17. The van der Waals surface area contributed by atoms with Crippen LogP contribution in [0.5, 0.6) is 0 Å². The highest BCUT2D eigenvalue weighted by Crippen LogP contribution is 2.46. The molecule has 1 aliphatic heterocycles. The molecule has 2 aromatic rings. The van der Waals surface area contributed by atoms with Crippen LogP contribution in [0.25, 0.3) is 11.3 Å². The summed E-state index contributed by atoms with van der Waals surface area (Å²) in [5, 5.41) is 4.29. The number of allylic oxidation sites excluding steroid dienone is 3. The van der Waals surface area contributed by atoms with Crippen LogP contribution < -0.4 is 5.43 Å². The van der Waals surface area contributed by atoms with Gasteiger partial charge in [-0.15, -0.1) is 0 Å². The number of aromatic nitrogens is 1. The number of hydrogen-bond acceptors (Lipinski definition) is 4. The second kappa shape index (κ2) is 6.97. The number of rotatable bonds is 4. The monoisotopic (exact) mass is 380 g/mol. The molecule has 0 unspecified atom stereocenters. The van der Waals surface area contributed by atoms with Gasteiger partial charge in [0.15, 0.2) is 11.2 Å². The van der Waals surface area contributed by atoms with Gasteiger partial charge in [-0.25, -0.2) is 0 Å². The van der Waals surface area contributed by atoms with Crippen LogP contribution in [-0.4, -0.2) is 28.8 Å². The Morgan fingerprint density at radius 2 is 2.07 bits per heavy atom. The fourth-order valence-corrected chi connectivity index (χ4v) is 4.58. The molecule has 0 bridgehead atoms. The van der Waals surface area contributed by atoms with Gasteiger partial charge in [-0.05, 0) is 60.6 Å². The van der Waals surface area contributed by atoms with Gasteiger partial charge in [0, 0.05) is 38.0 Å². The molecule has 2 aliphatic rings. The van der Waals surface area contributed by atoms with E-state index in [2.05, 4.69) is 46.3 Å². The van der Waals surface area contributed by atoms with Gasteiger partial charge in [0.25, 0.3) is 0 Å². The number of thiophene rings is 1. The number of carbonyl (C=O) groups is 1. The number of fused-ring (bicyclic) bond motifs is 1. The highest BCUT2D eigenvalue weighted by atomic mass is 32.1. The van der Waals surface area contributed by atoms with Crippen molar-refractivity contribution < 1.29 is 4.79 Å². The van der Waals surface area contributed by atoms with Crippen LogP contribution in [0.2, 0.25) is 0 Å². The molecule has 5 heteroatoms. The lowest BCUT2D eigenvalue weighted by atomic mass is 9.91. The minimum Gasteiger partial charge on any atom is -0.371 e. The van der Waals surface area contributed by atoms with Crippen molar-refractivity contribution in [1.82, 2.24) is 9.47 Å². The Morgan fingerprint density at radius 1 is 1.30 bits per heavy atom. The standard InChI is InChI=1S/C22H24N2O2S/c1-4-17(15-5-6-15)21(16-7-10-27-13-16)22-19-11-20(26)18(14(2)25)12-24(19)9-8-23(22)3/h4,7,10-13,15H,5-6,8-9H2,1-3H3/b17-4+,22-21-. The molecule has 4 nitrogen and oxygen atoms in total. The molecule has 1 saturated carbocycles. The summed E-state index contributed by atoms with van der Waals surface area (Å²) in [7, 11) is 2.09. The van der Waals surface area contributed by atoms with Crippen LogP contribution in [0.3, 0.4) is 0 Å². The lowest BCUT2D eigenvalue weighted by Gasteiger charge is -2.34. The van der Waals surface area contributed by atoms with Gasteiger partial charge in [-0.3, -0.25) is 9.59 Å². The van der Waals surface area contributed by atoms with E-state index in [4.69, 9.17) is 0 Å². The zero-order valence-corrected chi connectivity index (χ0v) is 16.8. The number of carbonyl (C=O) groups excluding carboxylic acids is 1. The van der Waals surface area contributed by atoms with E-state index in [9.17, 15) is 9.59 Å². The summed E-state index contributed by atoms with van der Waals surface area (Å²) < 4.78 is 2.07. The molecule has 0 amide bonds. The Morgan fingerprint density at radius 3 is 2.67 bits per heavy atom. The second-order valence-corrected chi connectivity index (χ2v) is 8.14. The normalized spacial score (nSPS) is 19.1. The average molecular weight is 381 g/mol. The van der Waals surface area contributed by atoms with Crippen molar-refractivity contribution in [2.75, 3.05) is 13.6 Å². The highest BCUT2D eigenvalue weighted by Gasteiger charge is 2.32. The third-order valence-corrected chi connectivity index (χ3v) is 6.15. The number of likely N-dealkylation sites (N-methyl/N-ethyl adjacent to an activating group) is 1. The zero-order chi connectivity index (χ0) is 19.1. The Hall–Kier alpha value is -2.40. The fraction of sp³-hybridized carbons (Fsp3) is 0.364. The molecule has 0 radical (unpaired) electrons. The molecule has 0 saturated heterocycles. The minimum absolute atomic E-state index is 0.176. The van der Waals surface area contributed by atoms with Crippen molar-refractivity contribution in [3.05, 3.63) is 67.8 Å². The number of nitrogens with zero attached hydrogens (tertiary/aromatic N) is 2. The third kappa shape index (κ3) is 3.21. The van der Waals surface area contributed by atoms with Gasteiger partial charge in [0.2, 0.25) is 0 Å². The first-order valence-electron chi connectivity index (χ1n) is 9.41. The molecule has 1 fully saturated rings. The van der Waals surface area contributed by atoms with Crippen molar-refractivity contribution in [1.29, 1.82) is 0 Å². The molecule has 3 heterocycles. The van der Waals surface area contributed by atoms with E-state index < -0.39 is 0 Å². The fourth-order valence-electron chi connectivity index (χ4n) is 3.94. The lowest BCUT2D eigenvalue weighted by Crippen LogP contribution is -2.33. The maximum absolute atomic E-state index is 12.6. The van der Waals surface area contributed by atoms with E-state index in [0.717, 1.165) is 24.5 Å². The summed E-state index contributed by atoms with van der Waals surface area (Å²) in [5.41, 5.74) is 5.87. The van der Waals surface area contributed by atoms with E-state index >= 15 is 0 Å². The van der Waals surface area contributed by atoms with Gasteiger partial charge < -0.3 is 9.47 Å². The Kier molecular flexibility index (Phi) is 4.64. The van der Waals surface area contributed by atoms with E-state index in [-0.39, 0.29) is 16.8 Å². The molecule has 27 heavy (non-hydrogen) atoms. The van der Waals surface area contributed by atoms with E-state index in [1.54, 1.807) is 23.6 Å². The maximum Gasteiger partial charge on any atom is 0.193 e. The molecular weight excluding hydrogens is 356 g/mol. The first-order chi connectivity index (χ1) is 13.0. The Balaban J connectivity index is 2.01. The first kappa shape index (κ1) is 18.0. The number of pyridine rings is 1. The summed E-state index contributed by atoms with van der Waals surface area (Å²) in [6.07, 6.45) is 6.41. The van der Waals surface area contributed by atoms with Crippen molar-refractivity contribution in [2.24, 2.45) is 5.92 Å². The van der Waals surface area contributed by atoms with Crippen molar-refractivity contribution in [3.63, 3.8) is 0 Å². The first-order valence-corrected chi connectivity index (χ1v) is 10.4. The van der Waals surface area contributed by atoms with Crippen molar-refractivity contribution in [3.8, 4) is 0 Å². The average Bonchev–Trinajstić information content (AvgIpc) is 3.33. The van der Waals surface area contributed by atoms with Gasteiger partial charge in [-0.2, -0.15) is 11.3 Å². The molecule has 4 rings (SSSR count). The number of ketones is 1. The molecule has 0 N–H and O–H groups in total. The number of hydrogen-bond donors (Lipinski definition) is 0. The highest BCUT2D eigenvalue weighted by molar-refractivity contribution is 7.08. The summed E-state index contributed by atoms with van der Waals surface area (Å²) in [6, 6.07) is 3.81. The summed E-state index contributed by atoms with van der Waals surface area (Å²) in [4.78, 5) is 26.7. The molecule has 0 spiro atoms. The zero-order valence-electron chi connectivity index (χ0n) is 16.0. The van der Waals surface area contributed by atoms with Crippen LogP contribution in [0.15, 0.2) is 45.5 Å². The van der Waals surface area contributed by atoms with Crippen LogP contribution in [0, 0.1) is 5.92 Å². The van der Waals surface area contributed by atoms with Gasteiger partial charge in [0.1, 0.15) is 0 Å². The number of Topliss-reactive ketones (excluding diaryl/α,β-unsaturated/α-hetero) is 1. The Bertz CT molecular complexity index is 1010. The van der Waals surface area contributed by atoms with Crippen molar-refractivity contribution in [2.45, 2.75) is 33.2 Å². The van der Waals surface area contributed by atoms with Gasteiger partial charge in [-0.1, -0.05) is 6.08 Å². The van der Waals surface area contributed by atoms with E-state index in [0.29, 0.717) is 5.92 Å². The topological polar surface area (TPSA) is 42.3 Å². The predicted octanol–water partition coefficient (Wildman–Crippen LogP) is 4.28. The molecular formula is C22H24N2O2S. The summed E-state index contributed by atoms with van der Waals surface area (Å²) in [5.74, 6) is 0.425. The predicted molar refractivity (Wildman–Crippen MR) is 111 cm³/mol. The van der Waals surface area contributed by atoms with Gasteiger partial charge >= 0.3 is 0 Å². The second-order valence-electron chi connectivity index (χ2n) is 7.36. The maximum atomic E-state index is 12.6. The van der Waals surface area contributed by atoms with Crippen LogP contribution in [-0.2, 0) is 6.54 Å². The molecule has 0 aromatic carbocycles. The third-order valence-electron chi connectivity index (χ3n) is 5.47. The molecule has 2 aromatic heterocycles. The van der Waals surface area contributed by atoms with Crippen molar-refractivity contribution >= 4 is 28.4 Å². The SMILES string of the molecule is C/C=C(/C(=C1/c2cc(=O)c(C(C)=O)cn2CCN1C)c1ccsc1)C1CC1. The largest absolute Gasteiger partial charge is 0.371 e. The van der Waals surface area contributed by atoms with Gasteiger partial charge in [0.05, 0.1) is 17.0 Å². The smallest absolute Gasteiger partial charge is 0.193 e. The molecule has 140 valence electrons. The molecule has 1 aliphatic carbocycles. The summed E-state index contributed by atoms with van der Waals surface area (Å²) >= 11 is 1.69. The lowest BCUT2D eigenvalue weighted by molar-refractivity contribution is 0.101. The van der Waals surface area contributed by atoms with Crippen LogP contribution >= 0.6 is 11.3 Å². The Labute approximate surface area is 163 Å². The van der Waals surface area contributed by atoms with Crippen LogP contribution in [0.1, 0.15) is 48.3 Å². The van der Waals surface area contributed by atoms with Crippen LogP contribution in [0.4, 0.5) is 0 Å². The quantitative estimate of drug-likeness (QED) is 0.744. The molecule has 0 atom stereocenters. The van der Waals surface area contributed by atoms with E-state index in [1.807, 2.05) is 0 Å².